The first kappa shape index (κ1) is 18.7. The lowest BCUT2D eigenvalue weighted by atomic mass is 9.96. The lowest BCUT2D eigenvalue weighted by Gasteiger charge is -2.25. The Balaban J connectivity index is 1.98. The van der Waals surface area contributed by atoms with E-state index >= 15 is 0 Å². The van der Waals surface area contributed by atoms with Gasteiger partial charge in [0.2, 0.25) is 5.91 Å². The Labute approximate surface area is 151 Å². The van der Waals surface area contributed by atoms with Crippen molar-refractivity contribution in [3.8, 4) is 0 Å². The third kappa shape index (κ3) is 3.57. The third-order valence-corrected chi connectivity index (χ3v) is 4.31. The second-order valence-corrected chi connectivity index (χ2v) is 5.91. The second-order valence-electron chi connectivity index (χ2n) is 5.91. The number of amides is 1. The maximum Gasteiger partial charge on any atom is 0.416 e. The van der Waals surface area contributed by atoms with E-state index in [9.17, 15) is 23.1 Å². The average Bonchev–Trinajstić information content (AvgIpc) is 3.08. The van der Waals surface area contributed by atoms with E-state index in [4.69, 9.17) is 5.53 Å². The van der Waals surface area contributed by atoms with Crippen molar-refractivity contribution >= 4 is 11.7 Å². The number of carbonyl (C=O) groups is 1. The van der Waals surface area contributed by atoms with Gasteiger partial charge >= 0.3 is 6.18 Å². The smallest absolute Gasteiger partial charge is 0.387 e. The Kier molecular flexibility index (Phi) is 5.02. The number of aliphatic hydroxyl groups excluding tert-OH is 1. The zero-order valence-corrected chi connectivity index (χ0v) is 13.8. The average molecular weight is 377 g/mol. The molecule has 0 bridgehead atoms. The molecular formula is C17H14F3N5O2. The summed E-state index contributed by atoms with van der Waals surface area (Å²) in [6, 6.07) is 6.04. The number of anilines is 1. The molecule has 0 saturated carbocycles. The Morgan fingerprint density at radius 3 is 2.74 bits per heavy atom. The molecule has 140 valence electrons. The van der Waals surface area contributed by atoms with Crippen LogP contribution in [-0.2, 0) is 17.4 Å². The molecule has 7 nitrogen and oxygen atoms in total. The summed E-state index contributed by atoms with van der Waals surface area (Å²) >= 11 is 0. The molecule has 2 heterocycles. The Morgan fingerprint density at radius 2 is 2.04 bits per heavy atom. The van der Waals surface area contributed by atoms with Crippen LogP contribution in [0, 0.1) is 0 Å². The zero-order valence-electron chi connectivity index (χ0n) is 13.8. The number of nitrogens with zero attached hydrogens (tertiary/aromatic N) is 5. The van der Waals surface area contributed by atoms with E-state index < -0.39 is 35.4 Å². The largest absolute Gasteiger partial charge is 0.416 e. The molecule has 0 saturated heterocycles. The van der Waals surface area contributed by atoms with Crippen LogP contribution in [0.1, 0.15) is 22.8 Å². The van der Waals surface area contributed by atoms with Crippen molar-refractivity contribution in [1.82, 2.24) is 4.98 Å². The minimum absolute atomic E-state index is 0.232. The van der Waals surface area contributed by atoms with Gasteiger partial charge in [-0.25, -0.2) is 4.98 Å². The summed E-state index contributed by atoms with van der Waals surface area (Å²) in [6.07, 6.45) is -4.71. The molecule has 1 aliphatic heterocycles. The molecule has 1 aromatic carbocycles. The molecule has 2 aromatic rings. The standard InChI is InChI=1S/C17H14F3N5O2/c18-17(19,20)12-6-2-1-5-11(12)14(26)13(23-24-21)16(27)25-9-7-10-4-3-8-22-15(10)25/h1-6,8,13-14,26H,7,9H2/t13-,14+/m1/s1. The fourth-order valence-electron chi connectivity index (χ4n) is 3.07. The van der Waals surface area contributed by atoms with Crippen LogP contribution >= 0.6 is 0 Å². The molecule has 1 amide bonds. The normalized spacial score (nSPS) is 15.6. The molecule has 1 aliphatic rings. The van der Waals surface area contributed by atoms with Crippen molar-refractivity contribution in [2.24, 2.45) is 5.11 Å². The summed E-state index contributed by atoms with van der Waals surface area (Å²) < 4.78 is 39.7. The van der Waals surface area contributed by atoms with Crippen LogP contribution in [0.4, 0.5) is 19.0 Å². The number of pyridine rings is 1. The molecule has 3 rings (SSSR count). The summed E-state index contributed by atoms with van der Waals surface area (Å²) in [5.41, 5.74) is 7.95. The van der Waals surface area contributed by atoms with E-state index in [2.05, 4.69) is 15.0 Å². The number of benzene rings is 1. The molecule has 0 unspecified atom stereocenters. The Hall–Kier alpha value is -3.10. The highest BCUT2D eigenvalue weighted by molar-refractivity contribution is 5.98. The molecule has 10 heteroatoms. The number of carbonyl (C=O) groups excluding carboxylic acids is 1. The summed E-state index contributed by atoms with van der Waals surface area (Å²) in [6.45, 7) is 0.232. The van der Waals surface area contributed by atoms with Gasteiger partial charge in [-0.1, -0.05) is 29.4 Å². The summed E-state index contributed by atoms with van der Waals surface area (Å²) in [5.74, 6) is -0.466. The van der Waals surface area contributed by atoms with Crippen molar-refractivity contribution in [2.75, 3.05) is 11.4 Å². The highest BCUT2D eigenvalue weighted by Crippen LogP contribution is 2.37. The van der Waals surface area contributed by atoms with Gasteiger partial charge in [0.25, 0.3) is 0 Å². The van der Waals surface area contributed by atoms with Gasteiger partial charge in [0.15, 0.2) is 0 Å². The predicted octanol–water partition coefficient (Wildman–Crippen LogP) is 3.40. The van der Waals surface area contributed by atoms with Crippen LogP contribution in [-0.4, -0.2) is 28.6 Å². The number of aliphatic hydroxyl groups is 1. The van der Waals surface area contributed by atoms with Crippen molar-refractivity contribution in [3.05, 3.63) is 69.7 Å². The lowest BCUT2D eigenvalue weighted by molar-refractivity contribution is -0.140. The fourth-order valence-corrected chi connectivity index (χ4v) is 3.07. The van der Waals surface area contributed by atoms with E-state index in [0.29, 0.717) is 12.2 Å². The number of fused-ring (bicyclic) bond motifs is 1. The van der Waals surface area contributed by atoms with E-state index in [0.717, 1.165) is 17.7 Å². The number of hydrogen-bond acceptors (Lipinski definition) is 4. The quantitative estimate of drug-likeness (QED) is 0.502. The highest BCUT2D eigenvalue weighted by atomic mass is 19.4. The number of alkyl halides is 3. The van der Waals surface area contributed by atoms with Crippen molar-refractivity contribution in [2.45, 2.75) is 24.7 Å². The van der Waals surface area contributed by atoms with Crippen LogP contribution in [0.3, 0.4) is 0 Å². The van der Waals surface area contributed by atoms with Crippen molar-refractivity contribution < 1.29 is 23.1 Å². The Bertz CT molecular complexity index is 911. The zero-order chi connectivity index (χ0) is 19.6. The van der Waals surface area contributed by atoms with Crippen LogP contribution in [0.25, 0.3) is 10.4 Å². The summed E-state index contributed by atoms with van der Waals surface area (Å²) in [4.78, 5) is 20.7. The van der Waals surface area contributed by atoms with E-state index in [1.807, 2.05) is 0 Å². The lowest BCUT2D eigenvalue weighted by Crippen LogP contribution is -2.41. The number of hydrogen-bond donors (Lipinski definition) is 1. The number of aromatic nitrogens is 1. The minimum atomic E-state index is -4.73. The molecule has 27 heavy (non-hydrogen) atoms. The maximum absolute atomic E-state index is 13.2. The predicted molar refractivity (Wildman–Crippen MR) is 89.6 cm³/mol. The molecule has 1 aromatic heterocycles. The number of rotatable bonds is 4. The van der Waals surface area contributed by atoms with Gasteiger partial charge < -0.3 is 5.11 Å². The summed E-state index contributed by atoms with van der Waals surface area (Å²) in [7, 11) is 0. The van der Waals surface area contributed by atoms with Gasteiger partial charge in [-0.2, -0.15) is 13.2 Å². The molecule has 2 atom stereocenters. The topological polar surface area (TPSA) is 102 Å². The second kappa shape index (κ2) is 7.26. The first-order valence-corrected chi connectivity index (χ1v) is 7.98. The molecule has 0 fully saturated rings. The van der Waals surface area contributed by atoms with Gasteiger partial charge in [0.05, 0.1) is 11.7 Å². The first-order chi connectivity index (χ1) is 12.8. The van der Waals surface area contributed by atoms with Gasteiger partial charge in [-0.15, -0.1) is 0 Å². The monoisotopic (exact) mass is 377 g/mol. The molecule has 0 spiro atoms. The van der Waals surface area contributed by atoms with Crippen LogP contribution in [0.2, 0.25) is 0 Å². The third-order valence-electron chi connectivity index (χ3n) is 4.31. The Morgan fingerprint density at radius 1 is 1.30 bits per heavy atom. The summed E-state index contributed by atoms with van der Waals surface area (Å²) in [5, 5.41) is 13.8. The highest BCUT2D eigenvalue weighted by Gasteiger charge is 2.40. The van der Waals surface area contributed by atoms with Crippen LogP contribution in [0.5, 0.6) is 0 Å². The molecule has 0 radical (unpaired) electrons. The maximum atomic E-state index is 13.2. The van der Waals surface area contributed by atoms with Crippen LogP contribution in [0.15, 0.2) is 47.7 Å². The van der Waals surface area contributed by atoms with Gasteiger partial charge in [0, 0.05) is 17.7 Å². The molecule has 1 N–H and O–H groups in total. The van der Waals surface area contributed by atoms with Gasteiger partial charge in [-0.3, -0.25) is 9.69 Å². The van der Waals surface area contributed by atoms with Gasteiger partial charge in [-0.05, 0) is 35.2 Å². The van der Waals surface area contributed by atoms with Crippen molar-refractivity contribution in [1.29, 1.82) is 0 Å². The SMILES string of the molecule is [N-]=[N+]=N[C@@H](C(=O)N1CCc2cccnc21)[C@@H](O)c1ccccc1C(F)(F)F. The molecular weight excluding hydrogens is 363 g/mol. The van der Waals surface area contributed by atoms with Crippen molar-refractivity contribution in [3.63, 3.8) is 0 Å². The number of azide groups is 1. The van der Waals surface area contributed by atoms with E-state index in [-0.39, 0.29) is 6.54 Å². The van der Waals surface area contributed by atoms with Gasteiger partial charge in [0.1, 0.15) is 11.9 Å². The number of halogens is 3. The van der Waals surface area contributed by atoms with E-state index in [1.165, 1.54) is 23.2 Å². The minimum Gasteiger partial charge on any atom is -0.387 e. The van der Waals surface area contributed by atoms with E-state index in [1.54, 1.807) is 12.1 Å². The fraction of sp³-hybridized carbons (Fsp3) is 0.294. The molecule has 0 aliphatic carbocycles. The first-order valence-electron chi connectivity index (χ1n) is 7.98. The van der Waals surface area contributed by atoms with Crippen LogP contribution < -0.4 is 4.90 Å².